The number of primary amides is 1. The number of fused-ring (bicyclic) bond motifs is 2. The number of hydrogen-bond donors (Lipinski definition) is 4. The maximum atomic E-state index is 13.5. The number of carbonyl (C=O) groups is 2. The molecule has 0 bridgehead atoms. The monoisotopic (exact) mass is 392 g/mol. The van der Waals surface area contributed by atoms with E-state index >= 15 is 0 Å². The van der Waals surface area contributed by atoms with Crippen molar-refractivity contribution in [2.45, 2.75) is 19.3 Å². The minimum Gasteiger partial charge on any atom is -0.364 e. The Morgan fingerprint density at radius 3 is 2.69 bits per heavy atom. The van der Waals surface area contributed by atoms with E-state index in [2.05, 4.69) is 15.3 Å². The van der Waals surface area contributed by atoms with Gasteiger partial charge in [0, 0.05) is 41.0 Å². The van der Waals surface area contributed by atoms with Gasteiger partial charge in [-0.2, -0.15) is 0 Å². The van der Waals surface area contributed by atoms with Gasteiger partial charge in [-0.05, 0) is 48.2 Å². The molecule has 0 unspecified atom stereocenters. The molecule has 0 atom stereocenters. The molecule has 148 valence electrons. The zero-order chi connectivity index (χ0) is 20.4. The third kappa shape index (κ3) is 3.85. The van der Waals surface area contributed by atoms with Crippen LogP contribution in [0.2, 0.25) is 0 Å². The summed E-state index contributed by atoms with van der Waals surface area (Å²) in [5.74, 6) is -0.939. The quantitative estimate of drug-likeness (QED) is 0.388. The summed E-state index contributed by atoms with van der Waals surface area (Å²) in [5, 5.41) is 4.61. The van der Waals surface area contributed by atoms with Gasteiger partial charge >= 0.3 is 0 Å². The minimum atomic E-state index is -0.539. The van der Waals surface area contributed by atoms with Crippen molar-refractivity contribution in [3.05, 3.63) is 71.3 Å². The molecule has 0 aliphatic heterocycles. The molecule has 4 rings (SSSR count). The number of aromatic amines is 2. The van der Waals surface area contributed by atoms with Gasteiger partial charge in [0.15, 0.2) is 0 Å². The fourth-order valence-electron chi connectivity index (χ4n) is 3.69. The number of halogens is 1. The Bertz CT molecular complexity index is 1210. The molecule has 0 radical (unpaired) electrons. The Balaban J connectivity index is 1.37. The van der Waals surface area contributed by atoms with E-state index in [1.54, 1.807) is 6.07 Å². The summed E-state index contributed by atoms with van der Waals surface area (Å²) in [7, 11) is 0. The van der Waals surface area contributed by atoms with Crippen LogP contribution < -0.4 is 11.1 Å². The smallest absolute Gasteiger partial charge is 0.265 e. The number of H-pyrrole nitrogens is 2. The normalized spacial score (nSPS) is 11.2. The average molecular weight is 392 g/mol. The van der Waals surface area contributed by atoms with Crippen LogP contribution in [-0.2, 0) is 17.6 Å². The molecule has 0 saturated heterocycles. The molecule has 0 saturated carbocycles. The number of aryl methyl sites for hydroxylation is 1. The predicted molar refractivity (Wildman–Crippen MR) is 110 cm³/mol. The van der Waals surface area contributed by atoms with Crippen molar-refractivity contribution in [3.8, 4) is 0 Å². The van der Waals surface area contributed by atoms with E-state index < -0.39 is 5.91 Å². The van der Waals surface area contributed by atoms with E-state index in [1.807, 2.05) is 30.5 Å². The van der Waals surface area contributed by atoms with Gasteiger partial charge in [0.1, 0.15) is 11.5 Å². The lowest BCUT2D eigenvalue weighted by atomic mass is 10.0. The molecule has 6 nitrogen and oxygen atoms in total. The highest BCUT2D eigenvalue weighted by atomic mass is 19.1. The number of hydrogen-bond acceptors (Lipinski definition) is 2. The summed E-state index contributed by atoms with van der Waals surface area (Å²) in [5.41, 5.74) is 9.22. The molecule has 4 aromatic rings. The fraction of sp³-hybridized carbons (Fsp3) is 0.182. The molecule has 0 spiro atoms. The van der Waals surface area contributed by atoms with E-state index in [0.717, 1.165) is 32.9 Å². The first-order chi connectivity index (χ1) is 14.0. The Hall–Kier alpha value is -3.61. The SMILES string of the molecule is NC(=O)c1[nH]c2ccccc2c1CCC(=O)NCCc1c[nH]c2ccc(F)cc12. The average Bonchev–Trinajstić information content (AvgIpc) is 3.27. The molecule has 0 aliphatic carbocycles. The van der Waals surface area contributed by atoms with Gasteiger partial charge in [0.2, 0.25) is 5.91 Å². The van der Waals surface area contributed by atoms with Crippen LogP contribution in [-0.4, -0.2) is 28.3 Å². The maximum Gasteiger partial charge on any atom is 0.265 e. The second-order valence-electron chi connectivity index (χ2n) is 6.99. The van der Waals surface area contributed by atoms with Gasteiger partial charge in [0.25, 0.3) is 5.91 Å². The maximum absolute atomic E-state index is 13.5. The second-order valence-corrected chi connectivity index (χ2v) is 6.99. The van der Waals surface area contributed by atoms with Gasteiger partial charge in [-0.15, -0.1) is 0 Å². The molecule has 2 aromatic carbocycles. The molecular formula is C22H21FN4O2. The summed E-state index contributed by atoms with van der Waals surface area (Å²) in [6.45, 7) is 0.443. The van der Waals surface area contributed by atoms with Gasteiger partial charge in [-0.25, -0.2) is 4.39 Å². The topological polar surface area (TPSA) is 104 Å². The third-order valence-corrected chi connectivity index (χ3v) is 5.11. The lowest BCUT2D eigenvalue weighted by Gasteiger charge is -2.06. The van der Waals surface area contributed by atoms with E-state index in [0.29, 0.717) is 25.1 Å². The van der Waals surface area contributed by atoms with Gasteiger partial charge in [-0.3, -0.25) is 9.59 Å². The zero-order valence-electron chi connectivity index (χ0n) is 15.7. The molecule has 29 heavy (non-hydrogen) atoms. The fourth-order valence-corrected chi connectivity index (χ4v) is 3.69. The molecule has 5 N–H and O–H groups in total. The summed E-state index contributed by atoms with van der Waals surface area (Å²) in [6.07, 6.45) is 3.08. The van der Waals surface area contributed by atoms with Crippen molar-refractivity contribution in [3.63, 3.8) is 0 Å². The van der Waals surface area contributed by atoms with Crippen LogP contribution in [0.5, 0.6) is 0 Å². The Morgan fingerprint density at radius 1 is 1.03 bits per heavy atom. The second kappa shape index (κ2) is 7.79. The number of nitrogens with two attached hydrogens (primary N) is 1. The van der Waals surface area contributed by atoms with Crippen molar-refractivity contribution < 1.29 is 14.0 Å². The minimum absolute atomic E-state index is 0.114. The number of carbonyl (C=O) groups excluding carboxylic acids is 2. The van der Waals surface area contributed by atoms with Crippen molar-refractivity contribution in [1.82, 2.24) is 15.3 Å². The van der Waals surface area contributed by atoms with Crippen molar-refractivity contribution in [2.75, 3.05) is 6.54 Å². The number of para-hydroxylation sites is 1. The van der Waals surface area contributed by atoms with E-state index in [9.17, 15) is 14.0 Å². The Labute approximate surface area is 166 Å². The van der Waals surface area contributed by atoms with Crippen LogP contribution >= 0.6 is 0 Å². The summed E-state index contributed by atoms with van der Waals surface area (Å²) >= 11 is 0. The third-order valence-electron chi connectivity index (χ3n) is 5.11. The van der Waals surface area contributed by atoms with Crippen LogP contribution in [0.1, 0.15) is 28.0 Å². The molecule has 2 amide bonds. The Morgan fingerprint density at radius 2 is 1.86 bits per heavy atom. The van der Waals surface area contributed by atoms with E-state index in [-0.39, 0.29) is 18.1 Å². The lowest BCUT2D eigenvalue weighted by molar-refractivity contribution is -0.121. The summed E-state index contributed by atoms with van der Waals surface area (Å²) < 4.78 is 13.5. The number of aromatic nitrogens is 2. The lowest BCUT2D eigenvalue weighted by Crippen LogP contribution is -2.26. The van der Waals surface area contributed by atoms with Gasteiger partial charge in [-0.1, -0.05) is 18.2 Å². The first kappa shape index (κ1) is 18.7. The number of amides is 2. The number of nitrogens with one attached hydrogen (secondary N) is 3. The first-order valence-electron chi connectivity index (χ1n) is 9.44. The molecule has 0 fully saturated rings. The van der Waals surface area contributed by atoms with E-state index in [4.69, 9.17) is 5.73 Å². The standard InChI is InChI=1S/C22H21FN4O2/c23-14-5-7-18-17(11-14)13(12-26-18)9-10-25-20(28)8-6-16-15-3-1-2-4-19(15)27-21(16)22(24)29/h1-5,7,11-12,26-27H,6,8-10H2,(H2,24,29)(H,25,28). The number of benzene rings is 2. The molecule has 2 heterocycles. The summed E-state index contributed by atoms with van der Waals surface area (Å²) in [6, 6.07) is 12.1. The van der Waals surface area contributed by atoms with Crippen LogP contribution in [0.3, 0.4) is 0 Å². The van der Waals surface area contributed by atoms with Crippen molar-refractivity contribution >= 4 is 33.6 Å². The Kier molecular flexibility index (Phi) is 5.03. The zero-order valence-corrected chi connectivity index (χ0v) is 15.7. The highest BCUT2D eigenvalue weighted by molar-refractivity contribution is 6.00. The first-order valence-corrected chi connectivity index (χ1v) is 9.44. The van der Waals surface area contributed by atoms with Gasteiger partial charge < -0.3 is 21.0 Å². The molecular weight excluding hydrogens is 371 g/mol. The largest absolute Gasteiger partial charge is 0.364 e. The van der Waals surface area contributed by atoms with Crippen LogP contribution in [0.4, 0.5) is 4.39 Å². The van der Waals surface area contributed by atoms with Gasteiger partial charge in [0.05, 0.1) is 0 Å². The number of rotatable bonds is 7. The van der Waals surface area contributed by atoms with Crippen molar-refractivity contribution in [1.29, 1.82) is 0 Å². The molecule has 0 aliphatic rings. The van der Waals surface area contributed by atoms with Crippen LogP contribution in [0, 0.1) is 5.82 Å². The molecule has 2 aromatic heterocycles. The highest BCUT2D eigenvalue weighted by Crippen LogP contribution is 2.23. The van der Waals surface area contributed by atoms with E-state index in [1.165, 1.54) is 12.1 Å². The summed E-state index contributed by atoms with van der Waals surface area (Å²) in [4.78, 5) is 30.2. The molecule has 7 heteroatoms. The van der Waals surface area contributed by atoms with Crippen LogP contribution in [0.25, 0.3) is 21.8 Å². The van der Waals surface area contributed by atoms with Crippen molar-refractivity contribution in [2.24, 2.45) is 5.73 Å². The highest BCUT2D eigenvalue weighted by Gasteiger charge is 2.16. The predicted octanol–water partition coefficient (Wildman–Crippen LogP) is 3.18. The van der Waals surface area contributed by atoms with Crippen LogP contribution in [0.15, 0.2) is 48.7 Å².